The van der Waals surface area contributed by atoms with Crippen LogP contribution in [0.4, 0.5) is 5.95 Å². The highest BCUT2D eigenvalue weighted by atomic mass is 16.2. The van der Waals surface area contributed by atoms with Gasteiger partial charge < -0.3 is 9.80 Å². The van der Waals surface area contributed by atoms with E-state index < -0.39 is 0 Å². The molecule has 1 aromatic heterocycles. The highest BCUT2D eigenvalue weighted by molar-refractivity contribution is 5.92. The monoisotopic (exact) mass is 302 g/mol. The van der Waals surface area contributed by atoms with Crippen molar-refractivity contribution in [2.24, 2.45) is 11.8 Å². The van der Waals surface area contributed by atoms with Gasteiger partial charge in [-0.3, -0.25) is 4.79 Å². The lowest BCUT2D eigenvalue weighted by Gasteiger charge is -2.32. The Balaban J connectivity index is 1.71. The van der Waals surface area contributed by atoms with Crippen LogP contribution in [0.3, 0.4) is 0 Å². The maximum Gasteiger partial charge on any atom is 0.272 e. The number of likely N-dealkylation sites (tertiary alicyclic amines) is 1. The molecule has 5 nitrogen and oxygen atoms in total. The molecule has 3 heterocycles. The smallest absolute Gasteiger partial charge is 0.272 e. The van der Waals surface area contributed by atoms with Gasteiger partial charge in [-0.25, -0.2) is 9.97 Å². The van der Waals surface area contributed by atoms with E-state index in [1.165, 1.54) is 12.8 Å². The molecule has 1 unspecified atom stereocenters. The third kappa shape index (κ3) is 3.39. The molecule has 0 radical (unpaired) electrons. The van der Waals surface area contributed by atoms with E-state index in [0.717, 1.165) is 44.9 Å². The van der Waals surface area contributed by atoms with Crippen LogP contribution in [0.1, 0.15) is 50.0 Å². The first-order valence-corrected chi connectivity index (χ1v) is 8.50. The van der Waals surface area contributed by atoms with Crippen LogP contribution in [0.25, 0.3) is 0 Å². The zero-order valence-corrected chi connectivity index (χ0v) is 13.7. The highest BCUT2D eigenvalue weighted by Gasteiger charge is 2.24. The summed E-state index contributed by atoms with van der Waals surface area (Å²) in [5.74, 6) is 2.16. The van der Waals surface area contributed by atoms with Crippen LogP contribution in [0, 0.1) is 11.8 Å². The standard InChI is InChI=1S/C17H26N4O/c1-13-6-10-20(11-7-13)16(22)15-5-8-18-17(19-15)21-9-3-4-14(2)12-21/h5,8,13-14H,3-4,6-7,9-12H2,1-2H3. The fraction of sp³-hybridized carbons (Fsp3) is 0.706. The van der Waals surface area contributed by atoms with Crippen molar-refractivity contribution in [1.82, 2.24) is 14.9 Å². The Morgan fingerprint density at radius 3 is 2.64 bits per heavy atom. The molecule has 3 rings (SSSR count). The van der Waals surface area contributed by atoms with Crippen molar-refractivity contribution < 1.29 is 4.79 Å². The van der Waals surface area contributed by atoms with Crippen LogP contribution in [0.5, 0.6) is 0 Å². The third-order valence-electron chi connectivity index (χ3n) is 4.87. The van der Waals surface area contributed by atoms with Crippen LogP contribution in [0.15, 0.2) is 12.3 Å². The van der Waals surface area contributed by atoms with Crippen molar-refractivity contribution in [2.75, 3.05) is 31.1 Å². The lowest BCUT2D eigenvalue weighted by Crippen LogP contribution is -2.39. The summed E-state index contributed by atoms with van der Waals surface area (Å²) in [6.07, 6.45) is 6.34. The predicted molar refractivity (Wildman–Crippen MR) is 86.9 cm³/mol. The average Bonchev–Trinajstić information content (AvgIpc) is 2.55. The zero-order chi connectivity index (χ0) is 15.5. The lowest BCUT2D eigenvalue weighted by molar-refractivity contribution is 0.0691. The van der Waals surface area contributed by atoms with E-state index in [2.05, 4.69) is 28.7 Å². The molecule has 2 aliphatic heterocycles. The minimum Gasteiger partial charge on any atom is -0.341 e. The molecule has 2 saturated heterocycles. The van der Waals surface area contributed by atoms with E-state index in [9.17, 15) is 4.79 Å². The van der Waals surface area contributed by atoms with Gasteiger partial charge in [0.25, 0.3) is 5.91 Å². The molecule has 2 fully saturated rings. The van der Waals surface area contributed by atoms with Crippen LogP contribution >= 0.6 is 0 Å². The van der Waals surface area contributed by atoms with Gasteiger partial charge >= 0.3 is 0 Å². The number of anilines is 1. The van der Waals surface area contributed by atoms with Gasteiger partial charge in [0, 0.05) is 32.4 Å². The first-order chi connectivity index (χ1) is 10.6. The summed E-state index contributed by atoms with van der Waals surface area (Å²) in [6, 6.07) is 1.75. The molecule has 0 N–H and O–H groups in total. The van der Waals surface area contributed by atoms with E-state index >= 15 is 0 Å². The summed E-state index contributed by atoms with van der Waals surface area (Å²) < 4.78 is 0. The van der Waals surface area contributed by atoms with Gasteiger partial charge in [-0.05, 0) is 43.6 Å². The average molecular weight is 302 g/mol. The molecular weight excluding hydrogens is 276 g/mol. The summed E-state index contributed by atoms with van der Waals surface area (Å²) in [7, 11) is 0. The number of carbonyl (C=O) groups is 1. The van der Waals surface area contributed by atoms with Gasteiger partial charge in [0.15, 0.2) is 0 Å². The Kier molecular flexibility index (Phi) is 4.60. The van der Waals surface area contributed by atoms with Crippen molar-refractivity contribution in [3.05, 3.63) is 18.0 Å². The second kappa shape index (κ2) is 6.63. The summed E-state index contributed by atoms with van der Waals surface area (Å²) in [5, 5.41) is 0. The number of hydrogen-bond donors (Lipinski definition) is 0. The van der Waals surface area contributed by atoms with Gasteiger partial charge in [-0.1, -0.05) is 13.8 Å². The highest BCUT2D eigenvalue weighted by Crippen LogP contribution is 2.21. The maximum absolute atomic E-state index is 12.6. The fourth-order valence-electron chi connectivity index (χ4n) is 3.36. The molecule has 1 amide bonds. The molecule has 5 heteroatoms. The molecule has 1 aromatic rings. The Morgan fingerprint density at radius 2 is 1.91 bits per heavy atom. The van der Waals surface area contributed by atoms with E-state index in [-0.39, 0.29) is 5.91 Å². The fourth-order valence-corrected chi connectivity index (χ4v) is 3.36. The first-order valence-electron chi connectivity index (χ1n) is 8.50. The Hall–Kier alpha value is -1.65. The number of carbonyl (C=O) groups excluding carboxylic acids is 1. The van der Waals surface area contributed by atoms with Crippen LogP contribution in [-0.2, 0) is 0 Å². The summed E-state index contributed by atoms with van der Waals surface area (Å²) in [4.78, 5) is 25.7. The van der Waals surface area contributed by atoms with Crippen molar-refractivity contribution in [3.8, 4) is 0 Å². The molecule has 2 aliphatic rings. The summed E-state index contributed by atoms with van der Waals surface area (Å²) in [5.41, 5.74) is 0.540. The number of aromatic nitrogens is 2. The summed E-state index contributed by atoms with van der Waals surface area (Å²) >= 11 is 0. The van der Waals surface area contributed by atoms with E-state index in [4.69, 9.17) is 0 Å². The molecular formula is C17H26N4O. The Labute approximate surface area is 132 Å². The van der Waals surface area contributed by atoms with E-state index in [1.807, 2.05) is 4.90 Å². The van der Waals surface area contributed by atoms with E-state index in [0.29, 0.717) is 17.6 Å². The number of hydrogen-bond acceptors (Lipinski definition) is 4. The second-order valence-electron chi connectivity index (χ2n) is 6.91. The molecule has 0 spiro atoms. The first kappa shape index (κ1) is 15.3. The number of nitrogens with zero attached hydrogens (tertiary/aromatic N) is 4. The van der Waals surface area contributed by atoms with E-state index in [1.54, 1.807) is 12.3 Å². The van der Waals surface area contributed by atoms with Crippen molar-refractivity contribution >= 4 is 11.9 Å². The normalized spacial score (nSPS) is 23.6. The third-order valence-corrected chi connectivity index (χ3v) is 4.87. The minimum atomic E-state index is 0.0561. The Bertz CT molecular complexity index is 525. The van der Waals surface area contributed by atoms with Crippen molar-refractivity contribution in [1.29, 1.82) is 0 Å². The van der Waals surface area contributed by atoms with Gasteiger partial charge in [0.1, 0.15) is 5.69 Å². The quantitative estimate of drug-likeness (QED) is 0.842. The molecule has 0 aromatic carbocycles. The molecule has 22 heavy (non-hydrogen) atoms. The lowest BCUT2D eigenvalue weighted by atomic mass is 9.99. The van der Waals surface area contributed by atoms with Gasteiger partial charge in [0.2, 0.25) is 5.95 Å². The van der Waals surface area contributed by atoms with Crippen LogP contribution in [0.2, 0.25) is 0 Å². The maximum atomic E-state index is 12.6. The molecule has 120 valence electrons. The largest absolute Gasteiger partial charge is 0.341 e. The SMILES string of the molecule is CC1CCN(C(=O)c2ccnc(N3CCCC(C)C3)n2)CC1. The summed E-state index contributed by atoms with van der Waals surface area (Å²) in [6.45, 7) is 8.18. The van der Waals surface area contributed by atoms with Gasteiger partial charge in [0.05, 0.1) is 0 Å². The van der Waals surface area contributed by atoms with Crippen molar-refractivity contribution in [3.63, 3.8) is 0 Å². The topological polar surface area (TPSA) is 49.3 Å². The zero-order valence-electron chi connectivity index (χ0n) is 13.7. The molecule has 0 bridgehead atoms. The molecule has 0 aliphatic carbocycles. The minimum absolute atomic E-state index is 0.0561. The second-order valence-corrected chi connectivity index (χ2v) is 6.91. The van der Waals surface area contributed by atoms with Crippen LogP contribution < -0.4 is 4.90 Å². The predicted octanol–water partition coefficient (Wildman–Crippen LogP) is 2.59. The van der Waals surface area contributed by atoms with Gasteiger partial charge in [-0.15, -0.1) is 0 Å². The number of amides is 1. The van der Waals surface area contributed by atoms with Crippen LogP contribution in [-0.4, -0.2) is 47.0 Å². The number of rotatable bonds is 2. The van der Waals surface area contributed by atoms with Crippen molar-refractivity contribution in [2.45, 2.75) is 39.5 Å². The molecule has 0 saturated carbocycles. The Morgan fingerprint density at radius 1 is 1.14 bits per heavy atom. The van der Waals surface area contributed by atoms with Gasteiger partial charge in [-0.2, -0.15) is 0 Å². The molecule has 1 atom stereocenters. The number of piperidine rings is 2.